The first-order valence-corrected chi connectivity index (χ1v) is 10.7. The van der Waals surface area contributed by atoms with Gasteiger partial charge in [-0.25, -0.2) is 9.97 Å². The molecular formula is C25H25N5O3. The number of hydrogen-bond donors (Lipinski definition) is 3. The lowest BCUT2D eigenvalue weighted by molar-refractivity contribution is -0.0430. The Morgan fingerprint density at radius 1 is 1.15 bits per heavy atom. The monoisotopic (exact) mass is 443 g/mol. The fraction of sp³-hybridized carbons (Fsp3) is 0.280. The van der Waals surface area contributed by atoms with E-state index in [1.807, 2.05) is 26.4 Å². The van der Waals surface area contributed by atoms with Gasteiger partial charge in [-0.15, -0.1) is 0 Å². The zero-order valence-corrected chi connectivity index (χ0v) is 18.4. The van der Waals surface area contributed by atoms with Gasteiger partial charge in [-0.3, -0.25) is 0 Å². The quantitative estimate of drug-likeness (QED) is 0.417. The van der Waals surface area contributed by atoms with Crippen molar-refractivity contribution in [3.05, 3.63) is 60.0 Å². The highest BCUT2D eigenvalue weighted by atomic mass is 16.5. The van der Waals surface area contributed by atoms with E-state index < -0.39 is 18.4 Å². The van der Waals surface area contributed by atoms with E-state index in [9.17, 15) is 10.2 Å². The second-order valence-corrected chi connectivity index (χ2v) is 8.41. The minimum Gasteiger partial charge on any atom is -0.394 e. The van der Waals surface area contributed by atoms with Gasteiger partial charge in [0.05, 0.1) is 23.7 Å². The summed E-state index contributed by atoms with van der Waals surface area (Å²) in [6.45, 7) is -0.251. The van der Waals surface area contributed by atoms with Crippen LogP contribution in [0.4, 0.5) is 11.5 Å². The van der Waals surface area contributed by atoms with Crippen molar-refractivity contribution in [1.29, 1.82) is 0 Å². The predicted octanol–water partition coefficient (Wildman–Crippen LogP) is 2.27. The maximum Gasteiger partial charge on any atom is 0.148 e. The molecule has 3 atom stereocenters. The number of anilines is 2. The fourth-order valence-electron chi connectivity index (χ4n) is 4.20. The van der Waals surface area contributed by atoms with E-state index in [2.05, 4.69) is 57.0 Å². The number of aromatic nitrogens is 3. The molecule has 1 aliphatic heterocycles. The molecule has 0 amide bonds. The first-order chi connectivity index (χ1) is 15.9. The Morgan fingerprint density at radius 2 is 1.94 bits per heavy atom. The zero-order valence-electron chi connectivity index (χ0n) is 18.4. The normalized spacial score (nSPS) is 20.2. The first-order valence-electron chi connectivity index (χ1n) is 10.7. The minimum absolute atomic E-state index is 0.251. The Bertz CT molecular complexity index is 1400. The second-order valence-electron chi connectivity index (χ2n) is 8.41. The van der Waals surface area contributed by atoms with Gasteiger partial charge in [-0.1, -0.05) is 24.0 Å². The molecule has 0 bridgehead atoms. The average Bonchev–Trinajstić information content (AvgIpc) is 3.38. The molecule has 0 spiro atoms. The molecule has 0 aliphatic carbocycles. The lowest BCUT2D eigenvalue weighted by atomic mass is 10.1. The second kappa shape index (κ2) is 8.37. The van der Waals surface area contributed by atoms with Gasteiger partial charge in [0.25, 0.3) is 0 Å². The third-order valence-electron chi connectivity index (χ3n) is 6.01. The summed E-state index contributed by atoms with van der Waals surface area (Å²) < 4.78 is 7.62. The van der Waals surface area contributed by atoms with Crippen molar-refractivity contribution in [1.82, 2.24) is 14.5 Å². The van der Waals surface area contributed by atoms with E-state index in [1.54, 1.807) is 4.57 Å². The fourth-order valence-corrected chi connectivity index (χ4v) is 4.20. The summed E-state index contributed by atoms with van der Waals surface area (Å²) in [7, 11) is 4.04. The van der Waals surface area contributed by atoms with Crippen LogP contribution in [-0.2, 0) is 4.74 Å². The van der Waals surface area contributed by atoms with Gasteiger partial charge in [-0.2, -0.15) is 0 Å². The van der Waals surface area contributed by atoms with Gasteiger partial charge in [-0.05, 0) is 35.0 Å². The molecule has 5 rings (SSSR count). The molecular weight excluding hydrogens is 418 g/mol. The smallest absolute Gasteiger partial charge is 0.148 e. The largest absolute Gasteiger partial charge is 0.394 e. The molecule has 0 unspecified atom stereocenters. The van der Waals surface area contributed by atoms with Crippen LogP contribution in [0.25, 0.3) is 21.8 Å². The molecule has 4 N–H and O–H groups in total. The van der Waals surface area contributed by atoms with E-state index in [0.29, 0.717) is 28.8 Å². The molecule has 8 nitrogen and oxygen atoms in total. The first kappa shape index (κ1) is 21.2. The molecule has 2 aromatic heterocycles. The van der Waals surface area contributed by atoms with Gasteiger partial charge in [0, 0.05) is 38.0 Å². The molecule has 1 saturated heterocycles. The number of nitrogen functional groups attached to an aromatic ring is 1. The zero-order chi connectivity index (χ0) is 23.1. The highest BCUT2D eigenvalue weighted by Crippen LogP contribution is 2.34. The molecule has 4 aromatic rings. The van der Waals surface area contributed by atoms with Crippen molar-refractivity contribution in [3.8, 4) is 11.8 Å². The maximum absolute atomic E-state index is 10.2. The van der Waals surface area contributed by atoms with Crippen LogP contribution in [0.3, 0.4) is 0 Å². The van der Waals surface area contributed by atoms with Gasteiger partial charge >= 0.3 is 0 Å². The number of fused-ring (bicyclic) bond motifs is 2. The Balaban J connectivity index is 1.53. The van der Waals surface area contributed by atoms with Crippen LogP contribution >= 0.6 is 0 Å². The Labute approximate surface area is 191 Å². The molecule has 1 aliphatic rings. The van der Waals surface area contributed by atoms with Gasteiger partial charge in [0.15, 0.2) is 0 Å². The summed E-state index contributed by atoms with van der Waals surface area (Å²) in [6.07, 6.45) is 1.70. The number of nitrogens with two attached hydrogens (primary N) is 1. The minimum atomic E-state index is -0.753. The average molecular weight is 444 g/mol. The van der Waals surface area contributed by atoms with Crippen molar-refractivity contribution < 1.29 is 14.9 Å². The third kappa shape index (κ3) is 3.87. The molecule has 168 valence electrons. The van der Waals surface area contributed by atoms with E-state index in [1.165, 1.54) is 6.33 Å². The molecule has 1 fully saturated rings. The molecule has 2 aromatic carbocycles. The summed E-state index contributed by atoms with van der Waals surface area (Å²) in [5.74, 6) is 6.77. The molecule has 0 saturated carbocycles. The van der Waals surface area contributed by atoms with E-state index >= 15 is 0 Å². The molecule has 3 heterocycles. The van der Waals surface area contributed by atoms with Crippen molar-refractivity contribution in [2.24, 2.45) is 0 Å². The number of rotatable bonds is 3. The van der Waals surface area contributed by atoms with Gasteiger partial charge < -0.3 is 30.2 Å². The van der Waals surface area contributed by atoms with Crippen LogP contribution in [0.1, 0.15) is 23.8 Å². The third-order valence-corrected chi connectivity index (χ3v) is 6.01. The molecule has 0 radical (unpaired) electrons. The van der Waals surface area contributed by atoms with E-state index in [-0.39, 0.29) is 6.61 Å². The Morgan fingerprint density at radius 3 is 2.70 bits per heavy atom. The van der Waals surface area contributed by atoms with Gasteiger partial charge in [0.1, 0.15) is 30.1 Å². The summed E-state index contributed by atoms with van der Waals surface area (Å²) in [5.41, 5.74) is 9.45. The molecule has 8 heteroatoms. The standard InChI is InChI=1S/C25H25N5O3/c1-29(2)19-8-7-16-9-15(3-5-17(16)10-19)4-6-18-12-30(22-11-20(32)21(13-31)33-22)25-23(18)24(26)27-14-28-25/h3,5,7-10,12,14,20-22,31-32H,11,13H2,1-2H3,(H2,26,27,28)/t20-,21+,22+/m0/s1. The topological polar surface area (TPSA) is 110 Å². The number of aliphatic hydroxyl groups is 2. The number of hydrogen-bond acceptors (Lipinski definition) is 7. The number of aliphatic hydroxyl groups excluding tert-OH is 2. The number of nitrogens with zero attached hydrogens (tertiary/aromatic N) is 4. The van der Waals surface area contributed by atoms with Crippen LogP contribution in [0.15, 0.2) is 48.9 Å². The molecule has 33 heavy (non-hydrogen) atoms. The maximum atomic E-state index is 10.2. The van der Waals surface area contributed by atoms with Crippen LogP contribution in [-0.4, -0.2) is 57.7 Å². The van der Waals surface area contributed by atoms with Crippen LogP contribution < -0.4 is 10.6 Å². The lowest BCUT2D eigenvalue weighted by Crippen LogP contribution is -2.24. The lowest BCUT2D eigenvalue weighted by Gasteiger charge is -2.14. The number of ether oxygens (including phenoxy) is 1. The van der Waals surface area contributed by atoms with E-state index in [4.69, 9.17) is 10.5 Å². The van der Waals surface area contributed by atoms with E-state index in [0.717, 1.165) is 22.0 Å². The predicted molar refractivity (Wildman–Crippen MR) is 128 cm³/mol. The van der Waals surface area contributed by atoms with Crippen molar-refractivity contribution in [3.63, 3.8) is 0 Å². The summed E-state index contributed by atoms with van der Waals surface area (Å²) in [6, 6.07) is 12.4. The highest BCUT2D eigenvalue weighted by molar-refractivity contribution is 5.92. The SMILES string of the molecule is CN(C)c1ccc2cc(C#Cc3cn([C@H]4C[C@H](O)[C@@H](CO)O4)c4ncnc(N)c34)ccc2c1. The summed E-state index contributed by atoms with van der Waals surface area (Å²) in [5, 5.41) is 22.5. The van der Waals surface area contributed by atoms with Crippen molar-refractivity contribution >= 4 is 33.3 Å². The number of benzene rings is 2. The van der Waals surface area contributed by atoms with Gasteiger partial charge in [0.2, 0.25) is 0 Å². The van der Waals surface area contributed by atoms with Crippen LogP contribution in [0.2, 0.25) is 0 Å². The Hall–Kier alpha value is -3.64. The Kier molecular flexibility index (Phi) is 5.38. The van der Waals surface area contributed by atoms with Crippen LogP contribution in [0.5, 0.6) is 0 Å². The van der Waals surface area contributed by atoms with Crippen molar-refractivity contribution in [2.75, 3.05) is 31.3 Å². The summed E-state index contributed by atoms with van der Waals surface area (Å²) >= 11 is 0. The van der Waals surface area contributed by atoms with Crippen molar-refractivity contribution in [2.45, 2.75) is 24.9 Å². The summed E-state index contributed by atoms with van der Waals surface area (Å²) in [4.78, 5) is 10.6. The van der Waals surface area contributed by atoms with Crippen LogP contribution in [0, 0.1) is 11.8 Å². The highest BCUT2D eigenvalue weighted by Gasteiger charge is 2.35.